The second-order valence-corrected chi connectivity index (χ2v) is 8.98. The number of esters is 1. The van der Waals surface area contributed by atoms with Crippen LogP contribution in [-0.4, -0.2) is 29.2 Å². The molecular weight excluding hydrogens is 366 g/mol. The Morgan fingerprint density at radius 1 is 1.28 bits per heavy atom. The molecule has 1 heterocycles. The molecule has 0 amide bonds. The highest BCUT2D eigenvalue weighted by molar-refractivity contribution is 6.09. The molecule has 2 aliphatic rings. The number of aliphatic imine (C=N–C) groups is 1. The first-order valence-corrected chi connectivity index (χ1v) is 10.5. The number of allylic oxidation sites excluding steroid dienone is 2. The zero-order chi connectivity index (χ0) is 21.2. The summed E-state index contributed by atoms with van der Waals surface area (Å²) in [7, 11) is 0. The van der Waals surface area contributed by atoms with Crippen LogP contribution in [0.1, 0.15) is 71.3 Å². The molecule has 1 unspecified atom stereocenters. The maximum absolute atomic E-state index is 13.1. The van der Waals surface area contributed by atoms with E-state index >= 15 is 0 Å². The Hall–Kier alpha value is -2.43. The summed E-state index contributed by atoms with van der Waals surface area (Å²) in [5.74, 6) is -1.33. The van der Waals surface area contributed by atoms with Gasteiger partial charge in [-0.2, -0.15) is 0 Å². The summed E-state index contributed by atoms with van der Waals surface area (Å²) in [5, 5.41) is 10.0. The number of aromatic hydroxyl groups is 1. The molecule has 2 atom stereocenters. The Morgan fingerprint density at radius 3 is 2.72 bits per heavy atom. The molecule has 0 spiro atoms. The highest BCUT2D eigenvalue weighted by Gasteiger charge is 2.46. The first-order chi connectivity index (χ1) is 13.7. The Labute approximate surface area is 172 Å². The average molecular weight is 398 g/mol. The lowest BCUT2D eigenvalue weighted by atomic mass is 9.67. The van der Waals surface area contributed by atoms with E-state index in [9.17, 15) is 14.7 Å². The lowest BCUT2D eigenvalue weighted by Gasteiger charge is -2.39. The molecule has 0 aromatic heterocycles. The van der Waals surface area contributed by atoms with E-state index in [1.807, 2.05) is 13.0 Å². The van der Waals surface area contributed by atoms with Gasteiger partial charge in [-0.1, -0.05) is 45.7 Å². The van der Waals surface area contributed by atoms with Crippen LogP contribution < -0.4 is 0 Å². The van der Waals surface area contributed by atoms with E-state index in [-0.39, 0.29) is 22.9 Å². The van der Waals surface area contributed by atoms with E-state index in [0.717, 1.165) is 30.5 Å². The van der Waals surface area contributed by atoms with Crippen molar-refractivity contribution in [2.24, 2.45) is 16.3 Å². The summed E-state index contributed by atoms with van der Waals surface area (Å²) in [6, 6.07) is 6.83. The fourth-order valence-electron chi connectivity index (χ4n) is 4.44. The quantitative estimate of drug-likeness (QED) is 0.545. The predicted molar refractivity (Wildman–Crippen MR) is 113 cm³/mol. The SMILES string of the molecule is CCCCCOC(=O)C1C(C)=NC2=C(C(=O)CC(C)(C)C2)[C@@H]1c1cccc(O)c1. The van der Waals surface area contributed by atoms with Gasteiger partial charge in [0.15, 0.2) is 5.78 Å². The fraction of sp³-hybridized carbons (Fsp3) is 0.542. The molecule has 0 saturated heterocycles. The van der Waals surface area contributed by atoms with Gasteiger partial charge in [0.05, 0.1) is 6.61 Å². The zero-order valence-electron chi connectivity index (χ0n) is 17.8. The van der Waals surface area contributed by atoms with Crippen molar-refractivity contribution >= 4 is 17.5 Å². The summed E-state index contributed by atoms with van der Waals surface area (Å²) < 4.78 is 5.58. The minimum absolute atomic E-state index is 0.0321. The number of nitrogens with zero attached hydrogens (tertiary/aromatic N) is 1. The number of Topliss-reactive ketones (excluding diaryl/α,β-unsaturated/α-hetero) is 1. The lowest BCUT2D eigenvalue weighted by Crippen LogP contribution is -2.39. The number of ketones is 1. The van der Waals surface area contributed by atoms with Gasteiger partial charge in [0, 0.05) is 29.3 Å². The second-order valence-electron chi connectivity index (χ2n) is 8.98. The van der Waals surface area contributed by atoms with Crippen LogP contribution in [0.5, 0.6) is 5.75 Å². The third kappa shape index (κ3) is 4.60. The highest BCUT2D eigenvalue weighted by Crippen LogP contribution is 2.48. The van der Waals surface area contributed by atoms with E-state index in [4.69, 9.17) is 9.73 Å². The number of carbonyl (C=O) groups excluding carboxylic acids is 2. The Morgan fingerprint density at radius 2 is 2.03 bits per heavy atom. The molecule has 5 nitrogen and oxygen atoms in total. The van der Waals surface area contributed by atoms with Gasteiger partial charge in [-0.05, 0) is 42.9 Å². The molecule has 29 heavy (non-hydrogen) atoms. The largest absolute Gasteiger partial charge is 0.508 e. The van der Waals surface area contributed by atoms with Crippen molar-refractivity contribution < 1.29 is 19.4 Å². The second kappa shape index (κ2) is 8.52. The molecule has 0 saturated carbocycles. The number of hydrogen-bond acceptors (Lipinski definition) is 5. The van der Waals surface area contributed by atoms with Crippen molar-refractivity contribution in [1.29, 1.82) is 0 Å². The number of hydrogen-bond donors (Lipinski definition) is 1. The number of benzene rings is 1. The summed E-state index contributed by atoms with van der Waals surface area (Å²) in [4.78, 5) is 30.9. The lowest BCUT2D eigenvalue weighted by molar-refractivity contribution is -0.146. The van der Waals surface area contributed by atoms with Gasteiger partial charge >= 0.3 is 5.97 Å². The molecule has 0 fully saturated rings. The van der Waals surface area contributed by atoms with Crippen LogP contribution in [0.4, 0.5) is 0 Å². The number of phenolic OH excluding ortho intramolecular Hbond substituents is 1. The molecule has 1 N–H and O–H groups in total. The Balaban J connectivity index is 2.02. The van der Waals surface area contributed by atoms with Crippen LogP contribution in [0.25, 0.3) is 0 Å². The van der Waals surface area contributed by atoms with Crippen molar-refractivity contribution in [2.45, 2.75) is 65.7 Å². The maximum Gasteiger partial charge on any atom is 0.315 e. The summed E-state index contributed by atoms with van der Waals surface area (Å²) in [6.07, 6.45) is 3.99. The Bertz CT molecular complexity index is 865. The van der Waals surface area contributed by atoms with Crippen molar-refractivity contribution in [3.05, 3.63) is 41.1 Å². The van der Waals surface area contributed by atoms with Gasteiger partial charge in [0.25, 0.3) is 0 Å². The van der Waals surface area contributed by atoms with Crippen molar-refractivity contribution in [2.75, 3.05) is 6.61 Å². The van der Waals surface area contributed by atoms with Crippen LogP contribution in [0.2, 0.25) is 0 Å². The minimum atomic E-state index is -0.651. The minimum Gasteiger partial charge on any atom is -0.508 e. The first-order valence-electron chi connectivity index (χ1n) is 10.5. The molecule has 1 aliphatic carbocycles. The molecule has 1 aromatic rings. The van der Waals surface area contributed by atoms with Crippen molar-refractivity contribution in [1.82, 2.24) is 0 Å². The number of unbranched alkanes of at least 4 members (excludes halogenated alkanes) is 2. The smallest absolute Gasteiger partial charge is 0.315 e. The first kappa shape index (κ1) is 21.3. The van der Waals surface area contributed by atoms with Crippen LogP contribution in [0.15, 0.2) is 40.5 Å². The van der Waals surface area contributed by atoms with Gasteiger partial charge in [0.1, 0.15) is 11.7 Å². The molecule has 156 valence electrons. The van der Waals surface area contributed by atoms with E-state index in [0.29, 0.717) is 30.7 Å². The van der Waals surface area contributed by atoms with Crippen molar-refractivity contribution in [3.8, 4) is 5.75 Å². The third-order valence-electron chi connectivity index (χ3n) is 5.78. The average Bonchev–Trinajstić information content (AvgIpc) is 2.63. The number of carbonyl (C=O) groups is 2. The predicted octanol–water partition coefficient (Wildman–Crippen LogP) is 4.94. The number of rotatable bonds is 6. The Kier molecular flexibility index (Phi) is 6.25. The van der Waals surface area contributed by atoms with Crippen LogP contribution in [0, 0.1) is 11.3 Å². The number of phenols is 1. The van der Waals surface area contributed by atoms with Crippen LogP contribution in [-0.2, 0) is 14.3 Å². The van der Waals surface area contributed by atoms with Crippen LogP contribution >= 0.6 is 0 Å². The van der Waals surface area contributed by atoms with Crippen LogP contribution in [0.3, 0.4) is 0 Å². The van der Waals surface area contributed by atoms with Gasteiger partial charge < -0.3 is 9.84 Å². The topological polar surface area (TPSA) is 76.0 Å². The van der Waals surface area contributed by atoms with E-state index < -0.39 is 11.8 Å². The van der Waals surface area contributed by atoms with Gasteiger partial charge in [-0.3, -0.25) is 14.6 Å². The molecule has 3 rings (SSSR count). The van der Waals surface area contributed by atoms with Crippen molar-refractivity contribution in [3.63, 3.8) is 0 Å². The molecule has 1 aliphatic heterocycles. The fourth-order valence-corrected chi connectivity index (χ4v) is 4.44. The zero-order valence-corrected chi connectivity index (χ0v) is 17.8. The highest BCUT2D eigenvalue weighted by atomic mass is 16.5. The summed E-state index contributed by atoms with van der Waals surface area (Å²) >= 11 is 0. The van der Waals surface area contributed by atoms with Gasteiger partial charge in [0.2, 0.25) is 0 Å². The van der Waals surface area contributed by atoms with Gasteiger partial charge in [-0.25, -0.2) is 0 Å². The third-order valence-corrected chi connectivity index (χ3v) is 5.78. The molecule has 0 bridgehead atoms. The summed E-state index contributed by atoms with van der Waals surface area (Å²) in [6.45, 7) is 8.44. The van der Waals surface area contributed by atoms with E-state index in [2.05, 4.69) is 20.8 Å². The van der Waals surface area contributed by atoms with Gasteiger partial charge in [-0.15, -0.1) is 0 Å². The number of ether oxygens (including phenoxy) is 1. The molecule has 0 radical (unpaired) electrons. The molecule has 5 heteroatoms. The maximum atomic E-state index is 13.1. The molecular formula is C24H31NO4. The summed E-state index contributed by atoms with van der Waals surface area (Å²) in [5.41, 5.74) is 2.64. The van der Waals surface area contributed by atoms with E-state index in [1.165, 1.54) is 0 Å². The van der Waals surface area contributed by atoms with E-state index in [1.54, 1.807) is 18.2 Å². The monoisotopic (exact) mass is 397 g/mol. The normalized spacial score (nSPS) is 23.4. The standard InChI is InChI=1S/C24H31NO4/c1-5-6-7-11-29-23(28)20-15(2)25-18-13-24(3,4)14-19(27)22(18)21(20)16-9-8-10-17(26)12-16/h8-10,12,20-21,26H,5-7,11,13-14H2,1-4H3/t20?,21-/m1/s1. The molecule has 1 aromatic carbocycles.